The average molecular weight is 435 g/mol. The Morgan fingerprint density at radius 1 is 1.00 bits per heavy atom. The van der Waals surface area contributed by atoms with Crippen molar-refractivity contribution in [3.63, 3.8) is 0 Å². The smallest absolute Gasteiger partial charge is 0.294 e. The first-order chi connectivity index (χ1) is 15.0. The zero-order valence-electron chi connectivity index (χ0n) is 15.7. The van der Waals surface area contributed by atoms with Gasteiger partial charge in [0.15, 0.2) is 5.76 Å². The highest BCUT2D eigenvalue weighted by molar-refractivity contribution is 7.07. The number of thiazole rings is 1. The van der Waals surface area contributed by atoms with Gasteiger partial charge in [0.25, 0.3) is 11.4 Å². The maximum absolute atomic E-state index is 11.3. The fourth-order valence-electron chi connectivity index (χ4n) is 2.74. The predicted octanol–water partition coefficient (Wildman–Crippen LogP) is 4.74. The number of hydrogen-bond donors (Lipinski definition) is 0. The van der Waals surface area contributed by atoms with E-state index in [0.29, 0.717) is 21.8 Å². The zero-order valence-corrected chi connectivity index (χ0v) is 16.5. The van der Waals surface area contributed by atoms with E-state index in [2.05, 4.69) is 10.1 Å². The van der Waals surface area contributed by atoms with Gasteiger partial charge < -0.3 is 4.42 Å². The molecule has 31 heavy (non-hydrogen) atoms. The lowest BCUT2D eigenvalue weighted by molar-refractivity contribution is -0.384. The van der Waals surface area contributed by atoms with E-state index < -0.39 is 9.85 Å². The number of non-ortho nitro benzene ring substituents is 1. The molecular weight excluding hydrogens is 422 g/mol. The molecule has 4 rings (SSSR count). The summed E-state index contributed by atoms with van der Waals surface area (Å²) in [5.74, 6) is 0.524. The minimum absolute atomic E-state index is 0.0599. The minimum atomic E-state index is -0.503. The molecule has 0 amide bonds. The molecule has 10 nitrogen and oxygen atoms in total. The van der Waals surface area contributed by atoms with Gasteiger partial charge in [0.05, 0.1) is 22.3 Å². The topological polar surface area (TPSA) is 129 Å². The fourth-order valence-corrected chi connectivity index (χ4v) is 3.57. The van der Waals surface area contributed by atoms with E-state index in [1.54, 1.807) is 47.8 Å². The second kappa shape index (κ2) is 8.55. The summed E-state index contributed by atoms with van der Waals surface area (Å²) >= 11 is 1.22. The van der Waals surface area contributed by atoms with Crippen LogP contribution in [0.5, 0.6) is 0 Å². The number of rotatable bonds is 6. The van der Waals surface area contributed by atoms with Gasteiger partial charge in [-0.15, -0.1) is 11.3 Å². The van der Waals surface area contributed by atoms with Gasteiger partial charge in [-0.1, -0.05) is 24.3 Å². The van der Waals surface area contributed by atoms with Crippen molar-refractivity contribution in [2.24, 2.45) is 10.1 Å². The third-order valence-corrected chi connectivity index (χ3v) is 4.97. The number of furan rings is 1. The van der Waals surface area contributed by atoms with Gasteiger partial charge in [0.2, 0.25) is 4.80 Å². The molecule has 11 heteroatoms. The van der Waals surface area contributed by atoms with Gasteiger partial charge in [0.1, 0.15) is 11.4 Å². The van der Waals surface area contributed by atoms with Gasteiger partial charge in [0, 0.05) is 29.1 Å². The summed E-state index contributed by atoms with van der Waals surface area (Å²) in [7, 11) is 0. The lowest BCUT2D eigenvalue weighted by atomic mass is 10.2. The predicted molar refractivity (Wildman–Crippen MR) is 114 cm³/mol. The molecule has 0 radical (unpaired) electrons. The third-order valence-electron chi connectivity index (χ3n) is 4.16. The molecule has 0 unspecified atom stereocenters. The van der Waals surface area contributed by atoms with Gasteiger partial charge in [-0.2, -0.15) is 5.10 Å². The Balaban J connectivity index is 1.85. The van der Waals surface area contributed by atoms with E-state index in [1.807, 2.05) is 0 Å². The lowest BCUT2D eigenvalue weighted by Crippen LogP contribution is -2.11. The largest absolute Gasteiger partial charge is 0.463 e. The molecule has 0 N–H and O–H groups in total. The molecule has 4 aromatic rings. The molecule has 0 aliphatic heterocycles. The molecule has 0 bridgehead atoms. The van der Waals surface area contributed by atoms with Gasteiger partial charge in [-0.3, -0.25) is 20.2 Å². The quantitative estimate of drug-likeness (QED) is 0.245. The van der Waals surface area contributed by atoms with Crippen LogP contribution in [0, 0.1) is 20.2 Å². The van der Waals surface area contributed by atoms with Crippen LogP contribution in [0.1, 0.15) is 5.56 Å². The summed E-state index contributed by atoms with van der Waals surface area (Å²) in [5, 5.41) is 28.5. The second-order valence-electron chi connectivity index (χ2n) is 6.15. The Bertz CT molecular complexity index is 1350. The van der Waals surface area contributed by atoms with Gasteiger partial charge in [-0.05, 0) is 18.2 Å². The van der Waals surface area contributed by atoms with Gasteiger partial charge >= 0.3 is 0 Å². The molecule has 0 saturated heterocycles. The van der Waals surface area contributed by atoms with Crippen LogP contribution in [0.2, 0.25) is 0 Å². The Morgan fingerprint density at radius 3 is 2.58 bits per heavy atom. The highest BCUT2D eigenvalue weighted by Gasteiger charge is 2.14. The highest BCUT2D eigenvalue weighted by atomic mass is 32.1. The summed E-state index contributed by atoms with van der Waals surface area (Å²) in [5.41, 5.74) is 1.07. The monoisotopic (exact) mass is 435 g/mol. The van der Waals surface area contributed by atoms with Crippen molar-refractivity contribution in [2.75, 3.05) is 0 Å². The summed E-state index contributed by atoms with van der Waals surface area (Å²) < 4.78 is 6.93. The Kier molecular flexibility index (Phi) is 5.49. The first-order valence-corrected chi connectivity index (χ1v) is 9.72. The maximum Gasteiger partial charge on any atom is 0.294 e. The number of aromatic nitrogens is 1. The molecule has 0 atom stereocenters. The minimum Gasteiger partial charge on any atom is -0.463 e. The first-order valence-electron chi connectivity index (χ1n) is 8.84. The summed E-state index contributed by atoms with van der Waals surface area (Å²) in [6, 6.07) is 15.6. The van der Waals surface area contributed by atoms with E-state index in [0.717, 1.165) is 0 Å². The molecule has 0 aliphatic rings. The van der Waals surface area contributed by atoms with Crippen molar-refractivity contribution in [3.05, 3.63) is 103 Å². The van der Waals surface area contributed by atoms with Crippen molar-refractivity contribution in [2.45, 2.75) is 0 Å². The third kappa shape index (κ3) is 4.31. The number of para-hydroxylation sites is 2. The Labute approximate surface area is 178 Å². The summed E-state index contributed by atoms with van der Waals surface area (Å²) in [6.45, 7) is 0. The molecule has 2 aromatic heterocycles. The molecule has 2 aromatic carbocycles. The van der Waals surface area contributed by atoms with Crippen LogP contribution in [-0.2, 0) is 0 Å². The van der Waals surface area contributed by atoms with Crippen LogP contribution in [0.4, 0.5) is 17.1 Å². The number of hydrogen-bond acceptors (Lipinski definition) is 8. The molecule has 2 heterocycles. The van der Waals surface area contributed by atoms with Crippen LogP contribution >= 0.6 is 11.3 Å². The van der Waals surface area contributed by atoms with E-state index in [1.165, 1.54) is 46.7 Å². The molecule has 0 fully saturated rings. The van der Waals surface area contributed by atoms with E-state index >= 15 is 0 Å². The van der Waals surface area contributed by atoms with Crippen LogP contribution in [-0.4, -0.2) is 20.7 Å². The van der Waals surface area contributed by atoms with E-state index in [-0.39, 0.29) is 17.1 Å². The number of benzene rings is 2. The Morgan fingerprint density at radius 2 is 1.84 bits per heavy atom. The van der Waals surface area contributed by atoms with E-state index in [4.69, 9.17) is 4.42 Å². The summed E-state index contributed by atoms with van der Waals surface area (Å²) in [4.78, 5) is 26.1. The van der Waals surface area contributed by atoms with Crippen LogP contribution in [0.3, 0.4) is 0 Å². The van der Waals surface area contributed by atoms with Crippen LogP contribution in [0.25, 0.3) is 11.5 Å². The van der Waals surface area contributed by atoms with Crippen LogP contribution < -0.4 is 4.80 Å². The molecule has 0 saturated carbocycles. The molecule has 0 spiro atoms. The number of nitro benzene ring substituents is 2. The second-order valence-corrected chi connectivity index (χ2v) is 6.98. The van der Waals surface area contributed by atoms with Crippen LogP contribution in [0.15, 0.2) is 86.8 Å². The lowest BCUT2D eigenvalue weighted by Gasteiger charge is -2.01. The van der Waals surface area contributed by atoms with Crippen molar-refractivity contribution in [3.8, 4) is 11.5 Å². The molecular formula is C20H13N5O5S. The first kappa shape index (κ1) is 19.9. The van der Waals surface area contributed by atoms with Crippen molar-refractivity contribution < 1.29 is 14.3 Å². The van der Waals surface area contributed by atoms with Crippen molar-refractivity contribution in [1.82, 2.24) is 4.68 Å². The van der Waals surface area contributed by atoms with Gasteiger partial charge in [-0.25, -0.2) is 9.67 Å². The fraction of sp³-hybridized carbons (Fsp3) is 0. The molecule has 154 valence electrons. The SMILES string of the molecule is O=[N+]([O-])c1cccc(C=Nn2c(-c3ccco3)csc2=Nc2ccccc2[N+](=O)[O-])c1. The maximum atomic E-state index is 11.3. The van der Waals surface area contributed by atoms with E-state index in [9.17, 15) is 20.2 Å². The number of nitro groups is 2. The standard InChI is InChI=1S/C20H13N5O5S/c26-24(27)15-6-3-5-14(11-15)12-21-23-18(19-9-4-10-30-19)13-31-20(23)22-16-7-1-2-8-17(16)25(28)29/h1-13H. The normalized spacial score (nSPS) is 11.8. The average Bonchev–Trinajstić information content (AvgIpc) is 3.42. The zero-order chi connectivity index (χ0) is 21.8. The molecule has 0 aliphatic carbocycles. The van der Waals surface area contributed by atoms with Crippen molar-refractivity contribution >= 4 is 34.6 Å². The van der Waals surface area contributed by atoms with Crippen molar-refractivity contribution in [1.29, 1.82) is 0 Å². The number of nitrogens with zero attached hydrogens (tertiary/aromatic N) is 5. The highest BCUT2D eigenvalue weighted by Crippen LogP contribution is 2.27. The Hall–Kier alpha value is -4.38. The summed E-state index contributed by atoms with van der Waals surface area (Å²) in [6.07, 6.45) is 2.96.